The first-order valence-corrected chi connectivity index (χ1v) is 13.2. The van der Waals surface area contributed by atoms with Crippen LogP contribution in [0.1, 0.15) is 30.6 Å². The number of rotatable bonds is 5. The van der Waals surface area contributed by atoms with Gasteiger partial charge in [0.1, 0.15) is 23.3 Å². The van der Waals surface area contributed by atoms with Crippen LogP contribution in [0.5, 0.6) is 0 Å². The number of nitrogens with zero attached hydrogens (tertiary/aromatic N) is 3. The number of benzene rings is 2. The van der Waals surface area contributed by atoms with E-state index in [4.69, 9.17) is 10.5 Å². The molecule has 0 aliphatic carbocycles. The molecule has 2 aromatic carbocycles. The molecule has 3 atom stereocenters. The molecule has 2 aliphatic heterocycles. The van der Waals surface area contributed by atoms with Crippen molar-refractivity contribution in [1.82, 2.24) is 4.98 Å². The second-order valence-electron chi connectivity index (χ2n) is 10.5. The lowest BCUT2D eigenvalue weighted by Crippen LogP contribution is -2.46. The van der Waals surface area contributed by atoms with Crippen molar-refractivity contribution in [3.8, 4) is 11.1 Å². The van der Waals surface area contributed by atoms with E-state index in [9.17, 15) is 9.18 Å². The summed E-state index contributed by atoms with van der Waals surface area (Å²) in [6.07, 6.45) is 3.86. The van der Waals surface area contributed by atoms with E-state index in [0.717, 1.165) is 30.7 Å². The first-order valence-electron chi connectivity index (χ1n) is 13.2. The van der Waals surface area contributed by atoms with Crippen LogP contribution in [0.2, 0.25) is 0 Å². The van der Waals surface area contributed by atoms with Gasteiger partial charge in [0.25, 0.3) is 5.91 Å². The third-order valence-electron chi connectivity index (χ3n) is 7.39. The Labute approximate surface area is 229 Å². The summed E-state index contributed by atoms with van der Waals surface area (Å²) in [5, 5.41) is 2.63. The van der Waals surface area contributed by atoms with Gasteiger partial charge in [0.15, 0.2) is 0 Å². The molecular weight excluding hydrogens is 526 g/mol. The number of hydrogen-bond acceptors (Lipinski definition) is 6. The van der Waals surface area contributed by atoms with E-state index >= 15 is 13.2 Å². The van der Waals surface area contributed by atoms with Gasteiger partial charge in [-0.25, -0.2) is 17.6 Å². The number of hydrogen-bond donors (Lipinski definition) is 2. The van der Waals surface area contributed by atoms with Crippen molar-refractivity contribution in [1.29, 1.82) is 0 Å². The Kier molecular flexibility index (Phi) is 7.95. The molecule has 2 aliphatic rings. The second kappa shape index (κ2) is 11.4. The van der Waals surface area contributed by atoms with Crippen LogP contribution in [0.4, 0.5) is 34.6 Å². The van der Waals surface area contributed by atoms with E-state index in [1.54, 1.807) is 17.2 Å². The summed E-state index contributed by atoms with van der Waals surface area (Å²) in [5.74, 6) is -5.45. The molecule has 2 fully saturated rings. The molecule has 212 valence electrons. The van der Waals surface area contributed by atoms with E-state index in [2.05, 4.69) is 17.2 Å². The number of nitrogens with one attached hydrogen (secondary N) is 1. The fourth-order valence-corrected chi connectivity index (χ4v) is 5.58. The van der Waals surface area contributed by atoms with Gasteiger partial charge in [-0.15, -0.1) is 0 Å². The van der Waals surface area contributed by atoms with Crippen molar-refractivity contribution in [2.24, 2.45) is 11.7 Å². The molecule has 1 aromatic heterocycles. The zero-order chi connectivity index (χ0) is 28.6. The highest BCUT2D eigenvalue weighted by Gasteiger charge is 2.29. The van der Waals surface area contributed by atoms with Gasteiger partial charge in [0.05, 0.1) is 47.5 Å². The molecule has 2 saturated heterocycles. The molecule has 3 aromatic rings. The zero-order valence-corrected chi connectivity index (χ0v) is 22.3. The number of nitrogens with two attached hydrogens (primary N) is 1. The number of anilines is 3. The van der Waals surface area contributed by atoms with Crippen LogP contribution >= 0.6 is 0 Å². The lowest BCUT2D eigenvalue weighted by Gasteiger charge is -2.37. The summed E-state index contributed by atoms with van der Waals surface area (Å²) in [7, 11) is 0. The molecule has 0 unspecified atom stereocenters. The normalized spacial score (nSPS) is 21.4. The van der Waals surface area contributed by atoms with Gasteiger partial charge in [-0.05, 0) is 49.6 Å². The number of halogens is 4. The van der Waals surface area contributed by atoms with E-state index in [-0.39, 0.29) is 17.8 Å². The minimum atomic E-state index is -1.37. The number of morpholine rings is 1. The highest BCUT2D eigenvalue weighted by Crippen LogP contribution is 2.36. The van der Waals surface area contributed by atoms with Gasteiger partial charge in [-0.1, -0.05) is 6.92 Å². The van der Waals surface area contributed by atoms with Crippen LogP contribution in [0.15, 0.2) is 42.7 Å². The number of pyridine rings is 1. The van der Waals surface area contributed by atoms with Crippen molar-refractivity contribution in [3.63, 3.8) is 0 Å². The van der Waals surface area contributed by atoms with Gasteiger partial charge in [0.2, 0.25) is 0 Å². The largest absolute Gasteiger partial charge is 0.377 e. The Morgan fingerprint density at radius 2 is 1.80 bits per heavy atom. The predicted octanol–water partition coefficient (Wildman–Crippen LogP) is 4.96. The Hall–Kier alpha value is -3.70. The fraction of sp³-hybridized carbons (Fsp3) is 0.379. The van der Waals surface area contributed by atoms with E-state index in [0.29, 0.717) is 50.1 Å². The van der Waals surface area contributed by atoms with Crippen molar-refractivity contribution >= 4 is 23.0 Å². The van der Waals surface area contributed by atoms with E-state index in [1.807, 2.05) is 11.8 Å². The van der Waals surface area contributed by atoms with Gasteiger partial charge < -0.3 is 25.6 Å². The van der Waals surface area contributed by atoms with E-state index < -0.39 is 45.9 Å². The standard InChI is InChI=1S/C29H31F4N5O2/c1-16-9-18(34)14-37(13-16)25-5-6-35-12-24(25)36-29(39)20-3-4-21(30)27(28(20)33)26-22(31)10-19(11-23(26)32)38-7-8-40-15-17(38)2/h3-6,10-12,16-18H,7-9,13-15,34H2,1-2H3,(H,36,39)/t16-,17+,18+/m1/s1. The minimum absolute atomic E-state index is 0.0554. The monoisotopic (exact) mass is 557 g/mol. The summed E-state index contributed by atoms with van der Waals surface area (Å²) in [6.45, 7) is 6.37. The molecule has 1 amide bonds. The summed E-state index contributed by atoms with van der Waals surface area (Å²) < 4.78 is 66.5. The lowest BCUT2D eigenvalue weighted by molar-refractivity contribution is 0.0989. The summed E-state index contributed by atoms with van der Waals surface area (Å²) in [5.41, 5.74) is 4.97. The number of amides is 1. The van der Waals surface area contributed by atoms with Crippen LogP contribution in [0.3, 0.4) is 0 Å². The quantitative estimate of drug-likeness (QED) is 0.432. The second-order valence-corrected chi connectivity index (χ2v) is 10.5. The molecule has 0 radical (unpaired) electrons. The maximum Gasteiger partial charge on any atom is 0.258 e. The molecule has 0 spiro atoms. The Bertz CT molecular complexity index is 1390. The first kappa shape index (κ1) is 27.9. The molecule has 0 saturated carbocycles. The van der Waals surface area contributed by atoms with Gasteiger partial charge in [-0.2, -0.15) is 0 Å². The van der Waals surface area contributed by atoms with Crippen LogP contribution in [-0.4, -0.2) is 55.8 Å². The molecule has 11 heteroatoms. The van der Waals surface area contributed by atoms with Crippen LogP contribution in [-0.2, 0) is 4.74 Å². The van der Waals surface area contributed by atoms with Crippen molar-refractivity contribution in [2.45, 2.75) is 32.4 Å². The summed E-state index contributed by atoms with van der Waals surface area (Å²) in [4.78, 5) is 21.1. The fourth-order valence-electron chi connectivity index (χ4n) is 5.58. The predicted molar refractivity (Wildman–Crippen MR) is 145 cm³/mol. The Morgan fingerprint density at radius 3 is 2.50 bits per heavy atom. The van der Waals surface area contributed by atoms with Crippen molar-refractivity contribution in [3.05, 3.63) is 71.6 Å². The highest BCUT2D eigenvalue weighted by atomic mass is 19.1. The molecular formula is C29H31F4N5O2. The molecule has 3 heterocycles. The molecule has 7 nitrogen and oxygen atoms in total. The minimum Gasteiger partial charge on any atom is -0.377 e. The van der Waals surface area contributed by atoms with Crippen LogP contribution in [0.25, 0.3) is 11.1 Å². The summed E-state index contributed by atoms with van der Waals surface area (Å²) >= 11 is 0. The maximum absolute atomic E-state index is 15.7. The number of carbonyl (C=O) groups excluding carboxylic acids is 1. The lowest BCUT2D eigenvalue weighted by atomic mass is 9.96. The Balaban J connectivity index is 1.47. The number of piperidine rings is 1. The molecule has 0 bridgehead atoms. The van der Waals surface area contributed by atoms with Crippen LogP contribution < -0.4 is 20.9 Å². The van der Waals surface area contributed by atoms with Gasteiger partial charge in [-0.3, -0.25) is 9.78 Å². The number of carbonyl (C=O) groups is 1. The molecule has 3 N–H and O–H groups in total. The number of ether oxygens (including phenoxy) is 1. The zero-order valence-electron chi connectivity index (χ0n) is 22.3. The highest BCUT2D eigenvalue weighted by molar-refractivity contribution is 6.06. The Morgan fingerprint density at radius 1 is 1.05 bits per heavy atom. The molecule has 5 rings (SSSR count). The first-order chi connectivity index (χ1) is 19.1. The maximum atomic E-state index is 15.7. The van der Waals surface area contributed by atoms with Crippen molar-refractivity contribution < 1.29 is 27.1 Å². The van der Waals surface area contributed by atoms with Crippen molar-refractivity contribution in [2.75, 3.05) is 48.0 Å². The third kappa shape index (κ3) is 5.48. The number of aromatic nitrogens is 1. The average Bonchev–Trinajstić information content (AvgIpc) is 2.90. The van der Waals surface area contributed by atoms with Gasteiger partial charge in [0, 0.05) is 43.6 Å². The topological polar surface area (TPSA) is 83.7 Å². The van der Waals surface area contributed by atoms with E-state index in [1.165, 1.54) is 6.20 Å². The average molecular weight is 558 g/mol. The van der Waals surface area contributed by atoms with Gasteiger partial charge >= 0.3 is 0 Å². The summed E-state index contributed by atoms with van der Waals surface area (Å²) in [6, 6.07) is 5.36. The van der Waals surface area contributed by atoms with Crippen LogP contribution in [0, 0.1) is 29.2 Å². The SMILES string of the molecule is C[C@@H]1C[C@H](N)CN(c2ccncc2NC(=O)c2ccc(F)c(-c3c(F)cc(N4CCOC[C@@H]4C)cc3F)c2F)C1. The third-order valence-corrected chi connectivity index (χ3v) is 7.39. The molecule has 40 heavy (non-hydrogen) atoms. The smallest absolute Gasteiger partial charge is 0.258 e.